The van der Waals surface area contributed by atoms with Crippen LogP contribution in [0.4, 0.5) is 4.39 Å². The van der Waals surface area contributed by atoms with E-state index in [0.717, 1.165) is 12.8 Å². The van der Waals surface area contributed by atoms with Gasteiger partial charge < -0.3 is 0 Å². The van der Waals surface area contributed by atoms with Gasteiger partial charge in [0.2, 0.25) is 0 Å². The zero-order valence-electron chi connectivity index (χ0n) is 15.3. The molecule has 0 spiro atoms. The van der Waals surface area contributed by atoms with E-state index in [1.807, 2.05) is 12.1 Å². The predicted octanol–water partition coefficient (Wildman–Crippen LogP) is 4.93. The Bertz CT molecular complexity index is 568. The van der Waals surface area contributed by atoms with E-state index < -0.39 is 0 Å². The fourth-order valence-electron chi connectivity index (χ4n) is 4.94. The first-order chi connectivity index (χ1) is 10.6. The van der Waals surface area contributed by atoms with Crippen molar-refractivity contribution < 1.29 is 9.23 Å². The lowest BCUT2D eigenvalue weighted by molar-refractivity contribution is -0.215. The van der Waals surface area contributed by atoms with E-state index in [4.69, 9.17) is 4.84 Å². The monoisotopic (exact) mass is 319 g/mol. The van der Waals surface area contributed by atoms with Crippen molar-refractivity contribution in [2.45, 2.75) is 77.5 Å². The Morgan fingerprint density at radius 3 is 2.30 bits per heavy atom. The molecule has 2 fully saturated rings. The first-order valence-electron chi connectivity index (χ1n) is 8.87. The number of benzene rings is 1. The number of hydrogen-bond donors (Lipinski definition) is 0. The Labute approximate surface area is 140 Å². The van der Waals surface area contributed by atoms with Gasteiger partial charge in [0.15, 0.2) is 0 Å². The number of hydrogen-bond acceptors (Lipinski definition) is 2. The van der Waals surface area contributed by atoms with Gasteiger partial charge in [-0.05, 0) is 69.6 Å². The van der Waals surface area contributed by atoms with Crippen LogP contribution in [-0.2, 0) is 10.3 Å². The van der Waals surface area contributed by atoms with Crippen LogP contribution >= 0.6 is 0 Å². The van der Waals surface area contributed by atoms with Gasteiger partial charge in [0.25, 0.3) is 0 Å². The van der Waals surface area contributed by atoms with Gasteiger partial charge in [-0.25, -0.2) is 4.39 Å². The van der Waals surface area contributed by atoms with Crippen LogP contribution in [0.15, 0.2) is 24.3 Å². The summed E-state index contributed by atoms with van der Waals surface area (Å²) >= 11 is 0. The Kier molecular flexibility index (Phi) is 4.09. The molecule has 2 nitrogen and oxygen atoms in total. The van der Waals surface area contributed by atoms with Crippen molar-refractivity contribution in [3.63, 3.8) is 0 Å². The summed E-state index contributed by atoms with van der Waals surface area (Å²) in [4.78, 5) is 6.35. The fourth-order valence-corrected chi connectivity index (χ4v) is 4.94. The molecule has 0 amide bonds. The minimum atomic E-state index is -0.158. The highest BCUT2D eigenvalue weighted by Crippen LogP contribution is 2.53. The summed E-state index contributed by atoms with van der Waals surface area (Å²) in [6, 6.07) is 7.97. The lowest BCUT2D eigenvalue weighted by Gasteiger charge is -2.47. The van der Waals surface area contributed by atoms with Crippen molar-refractivity contribution in [1.29, 1.82) is 0 Å². The van der Waals surface area contributed by atoms with Crippen molar-refractivity contribution in [2.75, 3.05) is 0 Å². The molecule has 1 saturated heterocycles. The van der Waals surface area contributed by atoms with E-state index in [0.29, 0.717) is 23.9 Å². The molecule has 3 rings (SSSR count). The Hall–Kier alpha value is -0.930. The van der Waals surface area contributed by atoms with E-state index in [-0.39, 0.29) is 16.8 Å². The van der Waals surface area contributed by atoms with Crippen molar-refractivity contribution in [3.8, 4) is 0 Å². The van der Waals surface area contributed by atoms with E-state index >= 15 is 0 Å². The van der Waals surface area contributed by atoms with Gasteiger partial charge in [-0.3, -0.25) is 4.84 Å². The first-order valence-corrected chi connectivity index (χ1v) is 8.87. The lowest BCUT2D eigenvalue weighted by Crippen LogP contribution is -2.50. The van der Waals surface area contributed by atoms with Gasteiger partial charge in [-0.1, -0.05) is 26.0 Å². The van der Waals surface area contributed by atoms with Gasteiger partial charge in [0, 0.05) is 18.0 Å². The molecule has 4 atom stereocenters. The molecule has 2 aliphatic rings. The fraction of sp³-hybridized carbons (Fsp3) is 0.700. The molecule has 3 heteroatoms. The van der Waals surface area contributed by atoms with Crippen molar-refractivity contribution in [1.82, 2.24) is 5.06 Å². The van der Waals surface area contributed by atoms with Crippen molar-refractivity contribution in [2.24, 2.45) is 11.8 Å². The summed E-state index contributed by atoms with van der Waals surface area (Å²) in [7, 11) is 0. The van der Waals surface area contributed by atoms with E-state index in [2.05, 4.69) is 46.6 Å². The highest BCUT2D eigenvalue weighted by molar-refractivity contribution is 5.27. The third kappa shape index (κ3) is 2.83. The zero-order valence-corrected chi connectivity index (χ0v) is 15.3. The van der Waals surface area contributed by atoms with Crippen LogP contribution in [-0.4, -0.2) is 22.7 Å². The van der Waals surface area contributed by atoms with Crippen molar-refractivity contribution >= 4 is 0 Å². The summed E-state index contributed by atoms with van der Waals surface area (Å²) in [5.41, 5.74) is 1.19. The SMILES string of the molecule is CC(C)N1OC(C)(C)[C@@H]2C[C@](C)(c3ccc(F)cc3)C[C@H](C)[C@H]21. The maximum atomic E-state index is 13.3. The molecule has 0 bridgehead atoms. The molecule has 23 heavy (non-hydrogen) atoms. The van der Waals surface area contributed by atoms with Gasteiger partial charge in [0.1, 0.15) is 5.82 Å². The minimum Gasteiger partial charge on any atom is -0.292 e. The van der Waals surface area contributed by atoms with Gasteiger partial charge in [-0.2, -0.15) is 5.06 Å². The molecule has 0 unspecified atom stereocenters. The largest absolute Gasteiger partial charge is 0.292 e. The maximum Gasteiger partial charge on any atom is 0.123 e. The molecule has 128 valence electrons. The summed E-state index contributed by atoms with van der Waals surface area (Å²) in [5, 5.41) is 2.24. The van der Waals surface area contributed by atoms with Crippen LogP contribution in [0.25, 0.3) is 0 Å². The second-order valence-corrected chi connectivity index (χ2v) is 8.70. The smallest absolute Gasteiger partial charge is 0.123 e. The summed E-state index contributed by atoms with van der Waals surface area (Å²) in [6.45, 7) is 13.5. The van der Waals surface area contributed by atoms with Gasteiger partial charge in [0.05, 0.1) is 5.60 Å². The Morgan fingerprint density at radius 1 is 1.13 bits per heavy atom. The van der Waals surface area contributed by atoms with Crippen LogP contribution in [0.2, 0.25) is 0 Å². The molecule has 0 radical (unpaired) electrons. The number of rotatable bonds is 2. The second kappa shape index (κ2) is 5.56. The second-order valence-electron chi connectivity index (χ2n) is 8.70. The third-order valence-electron chi connectivity index (χ3n) is 6.02. The minimum absolute atomic E-state index is 0.0852. The molecule has 1 aromatic rings. The van der Waals surface area contributed by atoms with Crippen LogP contribution in [0.3, 0.4) is 0 Å². The van der Waals surface area contributed by atoms with Crippen molar-refractivity contribution in [3.05, 3.63) is 35.6 Å². The summed E-state index contributed by atoms with van der Waals surface area (Å²) in [6.07, 6.45) is 2.20. The predicted molar refractivity (Wildman–Crippen MR) is 91.6 cm³/mol. The Morgan fingerprint density at radius 2 is 1.74 bits per heavy atom. The quantitative estimate of drug-likeness (QED) is 0.766. The number of fused-ring (bicyclic) bond motifs is 1. The summed E-state index contributed by atoms with van der Waals surface area (Å²) < 4.78 is 13.3. The average Bonchev–Trinajstić information content (AvgIpc) is 2.71. The maximum absolute atomic E-state index is 13.3. The molecule has 1 aliphatic heterocycles. The van der Waals surface area contributed by atoms with Crippen LogP contribution in [0.5, 0.6) is 0 Å². The normalized spacial score (nSPS) is 37.1. The standard InChI is InChI=1S/C20H30FNO/c1-13(2)22-18-14(3)11-20(6,12-17(18)19(4,5)23-22)15-7-9-16(21)10-8-15/h7-10,13-14,17-18H,11-12H2,1-6H3/t14-,17+,18+,20+/m0/s1. The molecule has 0 aromatic heterocycles. The number of nitrogens with zero attached hydrogens (tertiary/aromatic N) is 1. The average molecular weight is 319 g/mol. The first kappa shape index (κ1) is 16.9. The number of halogens is 1. The topological polar surface area (TPSA) is 12.5 Å². The summed E-state index contributed by atoms with van der Waals surface area (Å²) in [5.74, 6) is 0.881. The van der Waals surface area contributed by atoms with E-state index in [1.54, 1.807) is 12.1 Å². The number of hydroxylamine groups is 2. The molecule has 1 aliphatic carbocycles. The molecule has 1 saturated carbocycles. The molecular weight excluding hydrogens is 289 g/mol. The van der Waals surface area contributed by atoms with Crippen LogP contribution in [0, 0.1) is 17.7 Å². The van der Waals surface area contributed by atoms with Gasteiger partial charge >= 0.3 is 0 Å². The highest BCUT2D eigenvalue weighted by atomic mass is 19.1. The Balaban J connectivity index is 1.94. The van der Waals surface area contributed by atoms with Crippen LogP contribution in [0.1, 0.15) is 59.9 Å². The van der Waals surface area contributed by atoms with Crippen LogP contribution < -0.4 is 0 Å². The highest BCUT2D eigenvalue weighted by Gasteiger charge is 2.56. The third-order valence-corrected chi connectivity index (χ3v) is 6.02. The van der Waals surface area contributed by atoms with E-state index in [1.165, 1.54) is 5.56 Å². The zero-order chi connectivity index (χ0) is 17.0. The molecule has 1 heterocycles. The molecular formula is C20H30FNO. The lowest BCUT2D eigenvalue weighted by atomic mass is 9.59. The van der Waals surface area contributed by atoms with Gasteiger partial charge in [-0.15, -0.1) is 0 Å². The molecule has 0 N–H and O–H groups in total. The molecule has 1 aromatic carbocycles. The van der Waals surface area contributed by atoms with E-state index in [9.17, 15) is 4.39 Å².